The molecule has 31 heavy (non-hydrogen) atoms. The van der Waals surface area contributed by atoms with Crippen LogP contribution in [-0.4, -0.2) is 51.0 Å². The number of nitrogens with zero attached hydrogens (tertiary/aromatic N) is 2. The highest BCUT2D eigenvalue weighted by Gasteiger charge is 2.30. The lowest BCUT2D eigenvalue weighted by molar-refractivity contribution is -0.139. The zero-order valence-electron chi connectivity index (χ0n) is 17.7. The van der Waals surface area contributed by atoms with Crippen molar-refractivity contribution in [2.75, 3.05) is 24.2 Å². The Morgan fingerprint density at radius 1 is 1.16 bits per heavy atom. The van der Waals surface area contributed by atoms with Crippen LogP contribution in [0.5, 0.6) is 0 Å². The van der Waals surface area contributed by atoms with Crippen LogP contribution in [-0.2, 0) is 26.2 Å². The fourth-order valence-electron chi connectivity index (χ4n) is 3.02. The van der Waals surface area contributed by atoms with Crippen LogP contribution in [0, 0.1) is 12.7 Å². The van der Waals surface area contributed by atoms with Crippen molar-refractivity contribution in [2.45, 2.75) is 26.4 Å². The van der Waals surface area contributed by atoms with Gasteiger partial charge >= 0.3 is 0 Å². The maximum Gasteiger partial charge on any atom is 0.244 e. The molecular weight excluding hydrogens is 445 g/mol. The second-order valence-electron chi connectivity index (χ2n) is 7.14. The Hall–Kier alpha value is -2.65. The van der Waals surface area contributed by atoms with E-state index in [-0.39, 0.29) is 12.2 Å². The van der Waals surface area contributed by atoms with Gasteiger partial charge in [-0.05, 0) is 49.2 Å². The molecule has 0 heterocycles. The number of halogens is 2. The molecular formula is C21H25ClFN3O4S. The first-order chi connectivity index (χ1) is 14.4. The molecule has 2 aromatic rings. The van der Waals surface area contributed by atoms with E-state index in [2.05, 4.69) is 5.32 Å². The van der Waals surface area contributed by atoms with Gasteiger partial charge in [-0.2, -0.15) is 0 Å². The van der Waals surface area contributed by atoms with Crippen LogP contribution in [0.1, 0.15) is 18.1 Å². The molecule has 2 amide bonds. The van der Waals surface area contributed by atoms with Gasteiger partial charge in [-0.3, -0.25) is 13.9 Å². The van der Waals surface area contributed by atoms with Gasteiger partial charge in [0.05, 0.1) is 11.9 Å². The van der Waals surface area contributed by atoms with Crippen molar-refractivity contribution in [1.29, 1.82) is 0 Å². The average molecular weight is 470 g/mol. The smallest absolute Gasteiger partial charge is 0.244 e. The first-order valence-corrected chi connectivity index (χ1v) is 11.7. The lowest BCUT2D eigenvalue weighted by Crippen LogP contribution is -2.50. The van der Waals surface area contributed by atoms with Gasteiger partial charge in [0.15, 0.2) is 0 Å². The van der Waals surface area contributed by atoms with Crippen LogP contribution in [0.15, 0.2) is 42.5 Å². The van der Waals surface area contributed by atoms with Gasteiger partial charge in [0.2, 0.25) is 21.8 Å². The van der Waals surface area contributed by atoms with E-state index in [9.17, 15) is 22.4 Å². The Bertz CT molecular complexity index is 1060. The molecule has 0 saturated carbocycles. The molecule has 2 aromatic carbocycles. The van der Waals surface area contributed by atoms with Crippen molar-refractivity contribution in [3.63, 3.8) is 0 Å². The van der Waals surface area contributed by atoms with Crippen molar-refractivity contribution in [3.05, 3.63) is 64.4 Å². The molecule has 0 aliphatic rings. The normalized spacial score (nSPS) is 12.2. The van der Waals surface area contributed by atoms with Crippen molar-refractivity contribution in [2.24, 2.45) is 0 Å². The number of hydrogen-bond acceptors (Lipinski definition) is 4. The Morgan fingerprint density at radius 2 is 1.77 bits per heavy atom. The maximum absolute atomic E-state index is 13.3. The standard InChI is InChI=1S/C21H25ClFN3O4S/c1-14-5-8-17(22)11-19(14)26(31(4,29)30)13-20(27)25(15(2)21(28)24-3)12-16-6-9-18(23)10-7-16/h5-11,15H,12-13H2,1-4H3,(H,24,28)/t15-/m0/s1. The summed E-state index contributed by atoms with van der Waals surface area (Å²) in [5, 5.41) is 2.81. The third kappa shape index (κ3) is 6.41. The predicted molar refractivity (Wildman–Crippen MR) is 119 cm³/mol. The summed E-state index contributed by atoms with van der Waals surface area (Å²) in [4.78, 5) is 26.7. The summed E-state index contributed by atoms with van der Waals surface area (Å²) in [5.41, 5.74) is 1.49. The third-order valence-corrected chi connectivity index (χ3v) is 6.16. The molecule has 0 unspecified atom stereocenters. The molecule has 0 fully saturated rings. The number of sulfonamides is 1. The van der Waals surface area contributed by atoms with E-state index >= 15 is 0 Å². The number of carbonyl (C=O) groups excluding carboxylic acids is 2. The monoisotopic (exact) mass is 469 g/mol. The fourth-order valence-corrected chi connectivity index (χ4v) is 4.09. The molecule has 0 aliphatic carbocycles. The summed E-state index contributed by atoms with van der Waals surface area (Å²) in [6.45, 7) is 2.72. The first-order valence-electron chi connectivity index (χ1n) is 9.43. The summed E-state index contributed by atoms with van der Waals surface area (Å²) in [5.74, 6) is -1.44. The predicted octanol–water partition coefficient (Wildman–Crippen LogP) is 2.72. The lowest BCUT2D eigenvalue weighted by atomic mass is 10.1. The van der Waals surface area contributed by atoms with Crippen LogP contribution in [0.4, 0.5) is 10.1 Å². The second kappa shape index (κ2) is 10.1. The van der Waals surface area contributed by atoms with Crippen molar-refractivity contribution >= 4 is 39.1 Å². The van der Waals surface area contributed by atoms with Crippen molar-refractivity contribution in [1.82, 2.24) is 10.2 Å². The number of aryl methyl sites for hydroxylation is 1. The summed E-state index contributed by atoms with van der Waals surface area (Å²) < 4.78 is 39.2. The van der Waals surface area contributed by atoms with E-state index in [1.165, 1.54) is 49.2 Å². The van der Waals surface area contributed by atoms with Gasteiger partial charge in [0, 0.05) is 18.6 Å². The van der Waals surface area contributed by atoms with E-state index in [1.807, 2.05) is 0 Å². The summed E-state index contributed by atoms with van der Waals surface area (Å²) in [6.07, 6.45) is 0.993. The zero-order valence-corrected chi connectivity index (χ0v) is 19.3. The molecule has 168 valence electrons. The molecule has 2 rings (SSSR count). The lowest BCUT2D eigenvalue weighted by Gasteiger charge is -2.31. The van der Waals surface area contributed by atoms with Crippen LogP contribution >= 0.6 is 11.6 Å². The highest BCUT2D eigenvalue weighted by Crippen LogP contribution is 2.26. The number of carbonyl (C=O) groups is 2. The largest absolute Gasteiger partial charge is 0.357 e. The minimum atomic E-state index is -3.84. The van der Waals surface area contributed by atoms with Gasteiger partial charge in [0.25, 0.3) is 0 Å². The summed E-state index contributed by atoms with van der Waals surface area (Å²) >= 11 is 6.04. The summed E-state index contributed by atoms with van der Waals surface area (Å²) in [6, 6.07) is 9.37. The molecule has 10 heteroatoms. The molecule has 0 saturated heterocycles. The zero-order chi connectivity index (χ0) is 23.3. The number of hydrogen-bond donors (Lipinski definition) is 1. The molecule has 1 atom stereocenters. The summed E-state index contributed by atoms with van der Waals surface area (Å²) in [7, 11) is -2.40. The Labute approximate surface area is 186 Å². The number of benzene rings is 2. The van der Waals surface area contributed by atoms with Crippen molar-refractivity contribution < 1.29 is 22.4 Å². The SMILES string of the molecule is CNC(=O)[C@H](C)N(Cc1ccc(F)cc1)C(=O)CN(c1cc(Cl)ccc1C)S(C)(=O)=O. The average Bonchev–Trinajstić information content (AvgIpc) is 2.71. The quantitative estimate of drug-likeness (QED) is 0.644. The van der Waals surface area contributed by atoms with Gasteiger partial charge in [-0.1, -0.05) is 29.8 Å². The molecule has 0 radical (unpaired) electrons. The van der Waals surface area contributed by atoms with Gasteiger partial charge < -0.3 is 10.2 Å². The Balaban J connectivity index is 2.42. The molecule has 0 spiro atoms. The van der Waals surface area contributed by atoms with Gasteiger partial charge in [0.1, 0.15) is 18.4 Å². The highest BCUT2D eigenvalue weighted by molar-refractivity contribution is 7.92. The molecule has 0 bridgehead atoms. The number of rotatable bonds is 8. The van der Waals surface area contributed by atoms with E-state index in [0.717, 1.165) is 10.6 Å². The van der Waals surface area contributed by atoms with E-state index < -0.39 is 40.2 Å². The molecule has 1 N–H and O–H groups in total. The van der Waals surface area contributed by atoms with Crippen LogP contribution < -0.4 is 9.62 Å². The van der Waals surface area contributed by atoms with E-state index in [4.69, 9.17) is 11.6 Å². The van der Waals surface area contributed by atoms with Crippen molar-refractivity contribution in [3.8, 4) is 0 Å². The number of nitrogens with one attached hydrogen (secondary N) is 1. The number of anilines is 1. The Kier molecular flexibility index (Phi) is 8.02. The minimum absolute atomic E-state index is 0.000169. The fraction of sp³-hybridized carbons (Fsp3) is 0.333. The second-order valence-corrected chi connectivity index (χ2v) is 9.48. The van der Waals surface area contributed by atoms with E-state index in [1.54, 1.807) is 19.1 Å². The number of amides is 2. The van der Waals surface area contributed by atoms with Crippen LogP contribution in [0.2, 0.25) is 5.02 Å². The molecule has 7 nitrogen and oxygen atoms in total. The first kappa shape index (κ1) is 24.6. The Morgan fingerprint density at radius 3 is 2.32 bits per heavy atom. The van der Waals surface area contributed by atoms with E-state index in [0.29, 0.717) is 16.1 Å². The maximum atomic E-state index is 13.3. The third-order valence-electron chi connectivity index (χ3n) is 4.80. The number of likely N-dealkylation sites (N-methyl/N-ethyl adjacent to an activating group) is 1. The topological polar surface area (TPSA) is 86.8 Å². The van der Waals surface area contributed by atoms with Gasteiger partial charge in [-0.25, -0.2) is 12.8 Å². The highest BCUT2D eigenvalue weighted by atomic mass is 35.5. The molecule has 0 aromatic heterocycles. The minimum Gasteiger partial charge on any atom is -0.357 e. The van der Waals surface area contributed by atoms with Crippen LogP contribution in [0.3, 0.4) is 0 Å². The molecule has 0 aliphatic heterocycles. The van der Waals surface area contributed by atoms with Crippen LogP contribution in [0.25, 0.3) is 0 Å². The van der Waals surface area contributed by atoms with Gasteiger partial charge in [-0.15, -0.1) is 0 Å².